The summed E-state index contributed by atoms with van der Waals surface area (Å²) in [6, 6.07) is 3.91. The summed E-state index contributed by atoms with van der Waals surface area (Å²) in [4.78, 5) is 13.0. The van der Waals surface area contributed by atoms with E-state index in [0.29, 0.717) is 0 Å². The molecule has 1 atom stereocenters. The van der Waals surface area contributed by atoms with E-state index in [0.717, 1.165) is 6.54 Å². The van der Waals surface area contributed by atoms with Gasteiger partial charge in [-0.25, -0.2) is 0 Å². The molecule has 0 radical (unpaired) electrons. The number of hydrogen-bond acceptors (Lipinski definition) is 3. The quantitative estimate of drug-likeness (QED) is 0.846. The zero-order valence-corrected chi connectivity index (χ0v) is 11.1. The molecule has 0 saturated carbocycles. The monoisotopic (exact) mass is 240 g/mol. The van der Waals surface area contributed by atoms with Gasteiger partial charge in [0.15, 0.2) is 0 Å². The van der Waals surface area contributed by atoms with Gasteiger partial charge in [-0.1, -0.05) is 6.07 Å². The van der Waals surface area contributed by atoms with E-state index >= 15 is 0 Å². The van der Waals surface area contributed by atoms with Gasteiger partial charge in [-0.05, 0) is 39.1 Å². The second kappa shape index (κ2) is 5.46. The second-order valence-corrected chi connectivity index (χ2v) is 5.95. The molecular formula is C12H20N2OS. The highest BCUT2D eigenvalue weighted by molar-refractivity contribution is 7.09. The Balaban J connectivity index is 2.35. The maximum absolute atomic E-state index is 11.7. The number of rotatable bonds is 4. The van der Waals surface area contributed by atoms with E-state index < -0.39 is 0 Å². The number of carbonyl (C=O) groups is 1. The lowest BCUT2D eigenvalue weighted by Gasteiger charge is -2.23. The molecule has 0 aliphatic carbocycles. The van der Waals surface area contributed by atoms with Crippen molar-refractivity contribution in [3.05, 3.63) is 22.4 Å². The van der Waals surface area contributed by atoms with Gasteiger partial charge in [0.2, 0.25) is 5.91 Å². The summed E-state index contributed by atoms with van der Waals surface area (Å²) in [5.74, 6) is 0.0454. The van der Waals surface area contributed by atoms with Crippen LogP contribution in [0, 0.1) is 0 Å². The number of thiophene rings is 1. The number of hydrogen-bond donors (Lipinski definition) is 2. The molecule has 1 amide bonds. The lowest BCUT2D eigenvalue weighted by molar-refractivity contribution is -0.124. The third-order valence-electron chi connectivity index (χ3n) is 2.05. The van der Waals surface area contributed by atoms with Crippen LogP contribution in [-0.4, -0.2) is 17.5 Å². The van der Waals surface area contributed by atoms with Gasteiger partial charge in [-0.15, -0.1) is 11.3 Å². The standard InChI is InChI=1S/C12H20N2OS/c1-9(11(15)14-12(2,3)4)13-8-10-6-5-7-16-10/h5-7,9,13H,8H2,1-4H3,(H,14,15). The van der Waals surface area contributed by atoms with E-state index in [4.69, 9.17) is 0 Å². The minimum atomic E-state index is -0.171. The molecule has 0 aliphatic rings. The van der Waals surface area contributed by atoms with E-state index in [1.807, 2.05) is 39.1 Å². The highest BCUT2D eigenvalue weighted by Gasteiger charge is 2.18. The Kier molecular flexibility index (Phi) is 4.50. The molecule has 2 N–H and O–H groups in total. The summed E-state index contributed by atoms with van der Waals surface area (Å²) >= 11 is 1.70. The average molecular weight is 240 g/mol. The van der Waals surface area contributed by atoms with Crippen molar-refractivity contribution >= 4 is 17.2 Å². The van der Waals surface area contributed by atoms with Gasteiger partial charge in [0.25, 0.3) is 0 Å². The summed E-state index contributed by atoms with van der Waals surface area (Å²) < 4.78 is 0. The maximum Gasteiger partial charge on any atom is 0.237 e. The predicted molar refractivity (Wildman–Crippen MR) is 68.5 cm³/mol. The van der Waals surface area contributed by atoms with E-state index in [1.165, 1.54) is 4.88 Å². The van der Waals surface area contributed by atoms with Gasteiger partial charge in [0.05, 0.1) is 6.04 Å². The third-order valence-corrected chi connectivity index (χ3v) is 2.93. The van der Waals surface area contributed by atoms with Gasteiger partial charge in [0.1, 0.15) is 0 Å². The number of carbonyl (C=O) groups excluding carboxylic acids is 1. The van der Waals surface area contributed by atoms with Crippen LogP contribution in [0.2, 0.25) is 0 Å². The molecule has 0 saturated heterocycles. The van der Waals surface area contributed by atoms with Crippen molar-refractivity contribution in [3.63, 3.8) is 0 Å². The first-order valence-electron chi connectivity index (χ1n) is 5.46. The topological polar surface area (TPSA) is 41.1 Å². The zero-order valence-electron chi connectivity index (χ0n) is 10.3. The SMILES string of the molecule is CC(NCc1cccs1)C(=O)NC(C)(C)C. The summed E-state index contributed by atoms with van der Waals surface area (Å²) in [6.07, 6.45) is 0. The number of amides is 1. The predicted octanol–water partition coefficient (Wildman–Crippen LogP) is 2.14. The van der Waals surface area contributed by atoms with E-state index in [9.17, 15) is 4.79 Å². The van der Waals surface area contributed by atoms with Crippen LogP contribution in [-0.2, 0) is 11.3 Å². The summed E-state index contributed by atoms with van der Waals surface area (Å²) in [5, 5.41) is 8.20. The molecule has 1 aromatic rings. The van der Waals surface area contributed by atoms with Crippen molar-refractivity contribution in [1.29, 1.82) is 0 Å². The fourth-order valence-electron chi connectivity index (χ4n) is 1.24. The normalized spacial score (nSPS) is 13.5. The maximum atomic E-state index is 11.7. The minimum Gasteiger partial charge on any atom is -0.350 e. The van der Waals surface area contributed by atoms with Crippen LogP contribution in [0.5, 0.6) is 0 Å². The van der Waals surface area contributed by atoms with Crippen LogP contribution in [0.4, 0.5) is 0 Å². The summed E-state index contributed by atoms with van der Waals surface area (Å²) in [5.41, 5.74) is -0.171. The minimum absolute atomic E-state index is 0.0454. The first kappa shape index (κ1) is 13.2. The van der Waals surface area contributed by atoms with Crippen molar-refractivity contribution in [2.45, 2.75) is 45.8 Å². The lowest BCUT2D eigenvalue weighted by atomic mass is 10.1. The summed E-state index contributed by atoms with van der Waals surface area (Å²) in [7, 11) is 0. The van der Waals surface area contributed by atoms with E-state index in [-0.39, 0.29) is 17.5 Å². The smallest absolute Gasteiger partial charge is 0.237 e. The van der Waals surface area contributed by atoms with Crippen molar-refractivity contribution in [2.75, 3.05) is 0 Å². The molecular weight excluding hydrogens is 220 g/mol. The molecule has 16 heavy (non-hydrogen) atoms. The van der Waals surface area contributed by atoms with Crippen LogP contribution in [0.25, 0.3) is 0 Å². The fraction of sp³-hybridized carbons (Fsp3) is 0.583. The molecule has 1 heterocycles. The Morgan fingerprint density at radius 2 is 2.19 bits per heavy atom. The molecule has 0 fully saturated rings. The van der Waals surface area contributed by atoms with Gasteiger partial charge in [0, 0.05) is 17.0 Å². The Morgan fingerprint density at radius 3 is 2.69 bits per heavy atom. The third kappa shape index (κ3) is 4.77. The van der Waals surface area contributed by atoms with Gasteiger partial charge >= 0.3 is 0 Å². The average Bonchev–Trinajstić information content (AvgIpc) is 2.63. The van der Waals surface area contributed by atoms with Crippen molar-refractivity contribution in [3.8, 4) is 0 Å². The number of nitrogens with one attached hydrogen (secondary N) is 2. The molecule has 0 bridgehead atoms. The first-order chi connectivity index (χ1) is 7.38. The lowest BCUT2D eigenvalue weighted by Crippen LogP contribution is -2.49. The Morgan fingerprint density at radius 1 is 1.50 bits per heavy atom. The van der Waals surface area contributed by atoms with E-state index in [2.05, 4.69) is 16.7 Å². The van der Waals surface area contributed by atoms with Gasteiger partial charge in [-0.2, -0.15) is 0 Å². The summed E-state index contributed by atoms with van der Waals surface area (Å²) in [6.45, 7) is 8.58. The van der Waals surface area contributed by atoms with Crippen molar-refractivity contribution in [2.24, 2.45) is 0 Å². The Hall–Kier alpha value is -0.870. The largest absolute Gasteiger partial charge is 0.350 e. The molecule has 0 aromatic carbocycles. The van der Waals surface area contributed by atoms with Crippen molar-refractivity contribution in [1.82, 2.24) is 10.6 Å². The van der Waals surface area contributed by atoms with Crippen LogP contribution in [0.3, 0.4) is 0 Å². The molecule has 1 aromatic heterocycles. The van der Waals surface area contributed by atoms with Crippen LogP contribution >= 0.6 is 11.3 Å². The molecule has 0 aliphatic heterocycles. The highest BCUT2D eigenvalue weighted by atomic mass is 32.1. The molecule has 90 valence electrons. The van der Waals surface area contributed by atoms with Crippen LogP contribution in [0.1, 0.15) is 32.6 Å². The van der Waals surface area contributed by atoms with E-state index in [1.54, 1.807) is 11.3 Å². The molecule has 1 unspecified atom stereocenters. The fourth-order valence-corrected chi connectivity index (χ4v) is 1.89. The van der Waals surface area contributed by atoms with Crippen LogP contribution in [0.15, 0.2) is 17.5 Å². The zero-order chi connectivity index (χ0) is 12.2. The highest BCUT2D eigenvalue weighted by Crippen LogP contribution is 2.08. The molecule has 1 rings (SSSR count). The molecule has 3 nitrogen and oxygen atoms in total. The van der Waals surface area contributed by atoms with Gasteiger partial charge < -0.3 is 10.6 Å². The Labute approximate surface area is 101 Å². The van der Waals surface area contributed by atoms with Gasteiger partial charge in [-0.3, -0.25) is 4.79 Å². The van der Waals surface area contributed by atoms with Crippen molar-refractivity contribution < 1.29 is 4.79 Å². The second-order valence-electron chi connectivity index (χ2n) is 4.92. The first-order valence-corrected chi connectivity index (χ1v) is 6.34. The molecule has 0 spiro atoms. The Bertz CT molecular complexity index is 327. The molecule has 4 heteroatoms. The van der Waals surface area contributed by atoms with Crippen LogP contribution < -0.4 is 10.6 Å².